The maximum atomic E-state index is 5.99. The first-order valence-electron chi connectivity index (χ1n) is 5.25. The van der Waals surface area contributed by atoms with Crippen molar-refractivity contribution in [3.8, 4) is 0 Å². The van der Waals surface area contributed by atoms with Gasteiger partial charge in [-0.15, -0.1) is 0 Å². The molecule has 1 aliphatic rings. The van der Waals surface area contributed by atoms with Gasteiger partial charge >= 0.3 is 0 Å². The molecule has 0 aliphatic heterocycles. The molecule has 0 bridgehead atoms. The van der Waals surface area contributed by atoms with E-state index in [9.17, 15) is 0 Å². The molecule has 3 heteroatoms. The summed E-state index contributed by atoms with van der Waals surface area (Å²) >= 11 is 15.6. The number of halogens is 3. The highest BCUT2D eigenvalue weighted by atomic mass is 79.9. The molecule has 0 amide bonds. The molecule has 0 spiro atoms. The van der Waals surface area contributed by atoms with E-state index in [1.807, 2.05) is 12.1 Å². The van der Waals surface area contributed by atoms with E-state index >= 15 is 0 Å². The molecule has 1 aromatic rings. The van der Waals surface area contributed by atoms with Gasteiger partial charge in [0.1, 0.15) is 0 Å². The van der Waals surface area contributed by atoms with Gasteiger partial charge in [-0.1, -0.05) is 51.6 Å². The quantitative estimate of drug-likeness (QED) is 0.667. The third-order valence-corrected chi connectivity index (χ3v) is 4.99. The molecule has 0 aromatic heterocycles. The Labute approximate surface area is 109 Å². The first kappa shape index (κ1) is 11.8. The van der Waals surface area contributed by atoms with Gasteiger partial charge in [-0.2, -0.15) is 0 Å². The third-order valence-electron chi connectivity index (χ3n) is 3.05. The van der Waals surface area contributed by atoms with Gasteiger partial charge in [0.15, 0.2) is 0 Å². The van der Waals surface area contributed by atoms with Crippen LogP contribution in [0.15, 0.2) is 18.2 Å². The van der Waals surface area contributed by atoms with E-state index in [0.717, 1.165) is 12.3 Å². The smallest absolute Gasteiger partial charge is 0.0595 e. The molecular formula is C12H13BrCl2. The minimum absolute atomic E-state index is 0.641. The maximum Gasteiger partial charge on any atom is 0.0595 e. The van der Waals surface area contributed by atoms with E-state index in [2.05, 4.69) is 22.0 Å². The zero-order valence-electron chi connectivity index (χ0n) is 8.35. The average molecular weight is 308 g/mol. The standard InChI is InChI=1S/C12H13BrCl2/c13-10-3-1-2-9(10)6-8-4-5-11(14)12(15)7-8/h4-5,7,9-10H,1-3,6H2. The topological polar surface area (TPSA) is 0 Å². The molecule has 2 rings (SSSR count). The average Bonchev–Trinajstić information content (AvgIpc) is 2.59. The summed E-state index contributed by atoms with van der Waals surface area (Å²) in [4.78, 5) is 0.673. The Morgan fingerprint density at radius 3 is 2.60 bits per heavy atom. The van der Waals surface area contributed by atoms with E-state index in [-0.39, 0.29) is 0 Å². The van der Waals surface area contributed by atoms with Crippen LogP contribution < -0.4 is 0 Å². The monoisotopic (exact) mass is 306 g/mol. The van der Waals surface area contributed by atoms with Crippen molar-refractivity contribution in [1.82, 2.24) is 0 Å². The van der Waals surface area contributed by atoms with Crippen LogP contribution in [0.4, 0.5) is 0 Å². The summed E-state index contributed by atoms with van der Waals surface area (Å²) in [7, 11) is 0. The minimum Gasteiger partial charge on any atom is -0.0888 e. The molecule has 0 N–H and O–H groups in total. The van der Waals surface area contributed by atoms with Crippen molar-refractivity contribution >= 4 is 39.1 Å². The van der Waals surface area contributed by atoms with Crippen LogP contribution in [0.1, 0.15) is 24.8 Å². The zero-order valence-corrected chi connectivity index (χ0v) is 11.4. The Hall–Kier alpha value is 0.280. The summed E-state index contributed by atoms with van der Waals surface area (Å²) in [6.45, 7) is 0. The lowest BCUT2D eigenvalue weighted by Gasteiger charge is -2.14. The molecule has 0 radical (unpaired) electrons. The lowest BCUT2D eigenvalue weighted by Crippen LogP contribution is -2.09. The molecular weight excluding hydrogens is 295 g/mol. The molecule has 1 aromatic carbocycles. The Kier molecular flexibility index (Phi) is 3.98. The highest BCUT2D eigenvalue weighted by Crippen LogP contribution is 2.34. The van der Waals surface area contributed by atoms with Crippen LogP contribution in [-0.4, -0.2) is 4.83 Å². The molecule has 0 nitrogen and oxygen atoms in total. The SMILES string of the molecule is Clc1ccc(CC2CCCC2Br)cc1Cl. The summed E-state index contributed by atoms with van der Waals surface area (Å²) in [5.41, 5.74) is 1.29. The first-order chi connectivity index (χ1) is 7.16. The molecule has 1 fully saturated rings. The van der Waals surface area contributed by atoms with Crippen LogP contribution in [0.3, 0.4) is 0 Å². The first-order valence-corrected chi connectivity index (χ1v) is 6.92. The van der Waals surface area contributed by atoms with Crippen LogP contribution in [0.25, 0.3) is 0 Å². The van der Waals surface area contributed by atoms with E-state index in [1.54, 1.807) is 0 Å². The van der Waals surface area contributed by atoms with E-state index in [1.165, 1.54) is 24.8 Å². The second kappa shape index (κ2) is 5.07. The van der Waals surface area contributed by atoms with Gasteiger partial charge in [-0.25, -0.2) is 0 Å². The highest BCUT2D eigenvalue weighted by Gasteiger charge is 2.24. The van der Waals surface area contributed by atoms with Gasteiger partial charge in [0.05, 0.1) is 10.0 Å². The lowest BCUT2D eigenvalue weighted by atomic mass is 9.98. The number of hydrogen-bond acceptors (Lipinski definition) is 0. The minimum atomic E-state index is 0.641. The maximum absolute atomic E-state index is 5.99. The predicted octanol–water partition coefficient (Wildman–Crippen LogP) is 5.10. The van der Waals surface area contributed by atoms with Crippen molar-refractivity contribution in [3.63, 3.8) is 0 Å². The van der Waals surface area contributed by atoms with Crippen LogP contribution in [0.5, 0.6) is 0 Å². The molecule has 2 atom stereocenters. The van der Waals surface area contributed by atoms with Crippen molar-refractivity contribution in [3.05, 3.63) is 33.8 Å². The third kappa shape index (κ3) is 2.89. The predicted molar refractivity (Wildman–Crippen MR) is 70.2 cm³/mol. The second-order valence-corrected chi connectivity index (χ2v) is 6.15. The zero-order chi connectivity index (χ0) is 10.8. The Bertz CT molecular complexity index is 351. The number of hydrogen-bond donors (Lipinski definition) is 0. The van der Waals surface area contributed by atoms with Crippen LogP contribution in [-0.2, 0) is 6.42 Å². The van der Waals surface area contributed by atoms with Crippen LogP contribution >= 0.6 is 39.1 Å². The van der Waals surface area contributed by atoms with Gasteiger partial charge < -0.3 is 0 Å². The van der Waals surface area contributed by atoms with Gasteiger partial charge in [0, 0.05) is 4.83 Å². The molecule has 1 aliphatic carbocycles. The Balaban J connectivity index is 2.07. The number of rotatable bonds is 2. The summed E-state index contributed by atoms with van der Waals surface area (Å²) in [6.07, 6.45) is 5.05. The molecule has 15 heavy (non-hydrogen) atoms. The molecule has 2 unspecified atom stereocenters. The summed E-state index contributed by atoms with van der Waals surface area (Å²) in [5, 5.41) is 1.31. The van der Waals surface area contributed by atoms with Crippen molar-refractivity contribution in [2.75, 3.05) is 0 Å². The molecule has 82 valence electrons. The highest BCUT2D eigenvalue weighted by molar-refractivity contribution is 9.09. The number of alkyl halides is 1. The molecule has 1 saturated carbocycles. The van der Waals surface area contributed by atoms with E-state index < -0.39 is 0 Å². The van der Waals surface area contributed by atoms with Crippen LogP contribution in [0, 0.1) is 5.92 Å². The van der Waals surface area contributed by atoms with Gasteiger partial charge in [-0.05, 0) is 42.9 Å². The fourth-order valence-corrected chi connectivity index (χ4v) is 3.29. The van der Waals surface area contributed by atoms with Crippen LogP contribution in [0.2, 0.25) is 10.0 Å². The summed E-state index contributed by atoms with van der Waals surface area (Å²) in [5.74, 6) is 0.752. The summed E-state index contributed by atoms with van der Waals surface area (Å²) in [6, 6.07) is 5.95. The number of benzene rings is 1. The largest absolute Gasteiger partial charge is 0.0888 e. The fourth-order valence-electron chi connectivity index (χ4n) is 2.19. The van der Waals surface area contributed by atoms with Crippen molar-refractivity contribution in [1.29, 1.82) is 0 Å². The van der Waals surface area contributed by atoms with E-state index in [0.29, 0.717) is 14.9 Å². The molecule has 0 saturated heterocycles. The van der Waals surface area contributed by atoms with Gasteiger partial charge in [0.25, 0.3) is 0 Å². The van der Waals surface area contributed by atoms with E-state index in [4.69, 9.17) is 23.2 Å². The Morgan fingerprint density at radius 2 is 2.00 bits per heavy atom. The Morgan fingerprint density at radius 1 is 1.20 bits per heavy atom. The van der Waals surface area contributed by atoms with Gasteiger partial charge in [0.2, 0.25) is 0 Å². The van der Waals surface area contributed by atoms with Gasteiger partial charge in [-0.3, -0.25) is 0 Å². The molecule has 0 heterocycles. The lowest BCUT2D eigenvalue weighted by molar-refractivity contribution is 0.563. The fraction of sp³-hybridized carbons (Fsp3) is 0.500. The summed E-state index contributed by atoms with van der Waals surface area (Å²) < 4.78 is 0. The van der Waals surface area contributed by atoms with Crippen molar-refractivity contribution in [2.24, 2.45) is 5.92 Å². The second-order valence-electron chi connectivity index (χ2n) is 4.16. The normalized spacial score (nSPS) is 25.8. The van der Waals surface area contributed by atoms with Crippen molar-refractivity contribution in [2.45, 2.75) is 30.5 Å². The van der Waals surface area contributed by atoms with Crippen molar-refractivity contribution < 1.29 is 0 Å².